The van der Waals surface area contributed by atoms with Crippen LogP contribution in [0.15, 0.2) is 48.5 Å². The van der Waals surface area contributed by atoms with Crippen LogP contribution >= 0.6 is 11.6 Å². The number of ether oxygens (including phenoxy) is 1. The molecular formula is C18H15ClNO4-. The van der Waals surface area contributed by atoms with E-state index in [1.54, 1.807) is 36.4 Å². The fraction of sp³-hybridized carbons (Fsp3) is 0.222. The minimum atomic E-state index is -1.19. The predicted octanol–water partition coefficient (Wildman–Crippen LogP) is 2.02. The van der Waals surface area contributed by atoms with Gasteiger partial charge in [0.1, 0.15) is 12.4 Å². The Balaban J connectivity index is 1.62. The Hall–Kier alpha value is -2.53. The van der Waals surface area contributed by atoms with Crippen molar-refractivity contribution in [1.29, 1.82) is 0 Å². The van der Waals surface area contributed by atoms with E-state index in [1.807, 2.05) is 12.1 Å². The van der Waals surface area contributed by atoms with E-state index in [4.69, 9.17) is 16.3 Å². The van der Waals surface area contributed by atoms with Gasteiger partial charge in [-0.15, -0.1) is 0 Å². The van der Waals surface area contributed by atoms with Crippen molar-refractivity contribution < 1.29 is 19.4 Å². The highest BCUT2D eigenvalue weighted by atomic mass is 35.5. The van der Waals surface area contributed by atoms with Crippen LogP contribution in [0.5, 0.6) is 5.75 Å². The number of rotatable bonds is 5. The molecule has 0 radical (unpaired) electrons. The Kier molecular flexibility index (Phi) is 4.71. The van der Waals surface area contributed by atoms with Crippen molar-refractivity contribution in [3.63, 3.8) is 0 Å². The zero-order chi connectivity index (χ0) is 17.1. The lowest BCUT2D eigenvalue weighted by molar-refractivity contribution is -0.310. The molecule has 0 N–H and O–H groups in total. The summed E-state index contributed by atoms with van der Waals surface area (Å²) >= 11 is 5.84. The van der Waals surface area contributed by atoms with Gasteiger partial charge in [-0.05, 0) is 42.0 Å². The molecule has 1 heterocycles. The second-order valence-corrected chi connectivity index (χ2v) is 6.07. The Morgan fingerprint density at radius 1 is 1.17 bits per heavy atom. The number of carbonyl (C=O) groups excluding carboxylic acids is 2. The standard InChI is InChI=1S/C18H16ClNO4/c19-14-3-1-12(2-4-14)11-24-16-7-5-15(6-8-16)20-10-13(18(22)23)9-17(20)21/h1-8,13H,9-11H2,(H,22,23)/p-1/t13-/m1/s1. The number of carboxylic acids is 1. The van der Waals surface area contributed by atoms with Gasteiger partial charge in [-0.1, -0.05) is 23.7 Å². The fourth-order valence-electron chi connectivity index (χ4n) is 2.58. The van der Waals surface area contributed by atoms with Crippen LogP contribution in [0.2, 0.25) is 5.02 Å². The summed E-state index contributed by atoms with van der Waals surface area (Å²) in [6.45, 7) is 0.554. The first-order valence-corrected chi connectivity index (χ1v) is 7.89. The van der Waals surface area contributed by atoms with Crippen molar-refractivity contribution in [2.75, 3.05) is 11.4 Å². The Morgan fingerprint density at radius 3 is 2.42 bits per heavy atom. The molecule has 1 amide bonds. The highest BCUT2D eigenvalue weighted by Crippen LogP contribution is 2.27. The molecule has 5 nitrogen and oxygen atoms in total. The summed E-state index contributed by atoms with van der Waals surface area (Å²) in [7, 11) is 0. The van der Waals surface area contributed by atoms with Crippen LogP contribution in [0.1, 0.15) is 12.0 Å². The number of halogens is 1. The van der Waals surface area contributed by atoms with Gasteiger partial charge in [-0.25, -0.2) is 0 Å². The number of hydrogen-bond acceptors (Lipinski definition) is 4. The quantitative estimate of drug-likeness (QED) is 0.832. The minimum absolute atomic E-state index is 0.0167. The van der Waals surface area contributed by atoms with Crippen molar-refractivity contribution in [3.05, 3.63) is 59.1 Å². The summed E-state index contributed by atoms with van der Waals surface area (Å²) in [5, 5.41) is 11.6. The molecule has 1 aliphatic rings. The fourth-order valence-corrected chi connectivity index (χ4v) is 2.71. The van der Waals surface area contributed by atoms with Gasteiger partial charge in [-0.2, -0.15) is 0 Å². The molecule has 0 unspecified atom stereocenters. The number of amides is 1. The first-order valence-electron chi connectivity index (χ1n) is 7.51. The largest absolute Gasteiger partial charge is 0.550 e. The summed E-state index contributed by atoms with van der Waals surface area (Å²) in [6, 6.07) is 14.4. The van der Waals surface area contributed by atoms with Crippen LogP contribution < -0.4 is 14.7 Å². The monoisotopic (exact) mass is 344 g/mol. The number of benzene rings is 2. The zero-order valence-corrected chi connectivity index (χ0v) is 13.5. The molecule has 124 valence electrons. The van der Waals surface area contributed by atoms with Crippen molar-refractivity contribution >= 4 is 29.2 Å². The molecule has 0 spiro atoms. The molecule has 24 heavy (non-hydrogen) atoms. The smallest absolute Gasteiger partial charge is 0.227 e. The second-order valence-electron chi connectivity index (χ2n) is 5.63. The molecule has 3 rings (SSSR count). The molecule has 1 aliphatic heterocycles. The third kappa shape index (κ3) is 3.68. The van der Waals surface area contributed by atoms with Gasteiger partial charge in [0.2, 0.25) is 5.91 Å². The van der Waals surface area contributed by atoms with Crippen LogP contribution in [-0.2, 0) is 16.2 Å². The molecule has 1 fully saturated rings. The molecule has 2 aromatic carbocycles. The normalized spacial score (nSPS) is 17.1. The molecule has 0 aliphatic carbocycles. The maximum absolute atomic E-state index is 11.9. The van der Waals surface area contributed by atoms with Gasteiger partial charge in [-0.3, -0.25) is 4.79 Å². The number of aliphatic carboxylic acids is 1. The lowest BCUT2D eigenvalue weighted by Crippen LogP contribution is -2.33. The molecule has 6 heteroatoms. The third-order valence-electron chi connectivity index (χ3n) is 3.93. The van der Waals surface area contributed by atoms with Crippen molar-refractivity contribution in [2.45, 2.75) is 13.0 Å². The molecule has 0 saturated carbocycles. The van der Waals surface area contributed by atoms with Gasteiger partial charge in [0.15, 0.2) is 0 Å². The van der Waals surface area contributed by atoms with Gasteiger partial charge in [0, 0.05) is 35.6 Å². The maximum Gasteiger partial charge on any atom is 0.227 e. The first-order chi connectivity index (χ1) is 11.5. The van der Waals surface area contributed by atoms with E-state index in [1.165, 1.54) is 4.90 Å². The van der Waals surface area contributed by atoms with Crippen molar-refractivity contribution in [1.82, 2.24) is 0 Å². The average Bonchev–Trinajstić information content (AvgIpc) is 2.97. The molecule has 0 bridgehead atoms. The van der Waals surface area contributed by atoms with Crippen LogP contribution in [0.4, 0.5) is 5.69 Å². The van der Waals surface area contributed by atoms with Crippen LogP contribution in [-0.4, -0.2) is 18.4 Å². The van der Waals surface area contributed by atoms with Crippen molar-refractivity contribution in [2.24, 2.45) is 5.92 Å². The number of carboxylic acid groups (broad SMARTS) is 1. The number of nitrogens with zero attached hydrogens (tertiary/aromatic N) is 1. The van der Waals surface area contributed by atoms with E-state index in [0.29, 0.717) is 23.1 Å². The predicted molar refractivity (Wildman–Crippen MR) is 87.7 cm³/mol. The summed E-state index contributed by atoms with van der Waals surface area (Å²) in [5.74, 6) is -1.48. The average molecular weight is 345 g/mol. The van der Waals surface area contributed by atoms with Gasteiger partial charge < -0.3 is 19.5 Å². The van der Waals surface area contributed by atoms with E-state index in [2.05, 4.69) is 0 Å². The van der Waals surface area contributed by atoms with Gasteiger partial charge in [0.25, 0.3) is 0 Å². The number of hydrogen-bond donors (Lipinski definition) is 0. The highest BCUT2D eigenvalue weighted by Gasteiger charge is 2.31. The number of carbonyl (C=O) groups is 2. The van der Waals surface area contributed by atoms with Gasteiger partial charge in [0.05, 0.1) is 0 Å². The van der Waals surface area contributed by atoms with Crippen LogP contribution in [0.3, 0.4) is 0 Å². The van der Waals surface area contributed by atoms with E-state index >= 15 is 0 Å². The van der Waals surface area contributed by atoms with E-state index in [-0.39, 0.29) is 18.9 Å². The molecular weight excluding hydrogens is 330 g/mol. The molecule has 1 saturated heterocycles. The Morgan fingerprint density at radius 2 is 1.83 bits per heavy atom. The molecule has 1 atom stereocenters. The lowest BCUT2D eigenvalue weighted by Gasteiger charge is -2.17. The molecule has 2 aromatic rings. The SMILES string of the molecule is O=C([O-])[C@@H]1CC(=O)N(c2ccc(OCc3ccc(Cl)cc3)cc2)C1. The van der Waals surface area contributed by atoms with Crippen molar-refractivity contribution in [3.8, 4) is 5.75 Å². The topological polar surface area (TPSA) is 69.7 Å². The number of anilines is 1. The third-order valence-corrected chi connectivity index (χ3v) is 4.18. The maximum atomic E-state index is 11.9. The minimum Gasteiger partial charge on any atom is -0.550 e. The summed E-state index contributed by atoms with van der Waals surface area (Å²) in [4.78, 5) is 24.3. The Labute approximate surface area is 144 Å². The second kappa shape index (κ2) is 6.93. The van der Waals surface area contributed by atoms with E-state index in [9.17, 15) is 14.7 Å². The van der Waals surface area contributed by atoms with Crippen LogP contribution in [0, 0.1) is 5.92 Å². The highest BCUT2D eigenvalue weighted by molar-refractivity contribution is 6.30. The van der Waals surface area contributed by atoms with E-state index in [0.717, 1.165) is 5.56 Å². The molecule has 0 aromatic heterocycles. The van der Waals surface area contributed by atoms with E-state index < -0.39 is 11.9 Å². The zero-order valence-electron chi connectivity index (χ0n) is 12.8. The summed E-state index contributed by atoms with van der Waals surface area (Å²) in [6.07, 6.45) is -0.0167. The van der Waals surface area contributed by atoms with Crippen LogP contribution in [0.25, 0.3) is 0 Å². The first kappa shape index (κ1) is 16.3. The lowest BCUT2D eigenvalue weighted by atomic mass is 10.1. The Bertz CT molecular complexity index is 743. The van der Waals surface area contributed by atoms with Gasteiger partial charge >= 0.3 is 0 Å². The summed E-state index contributed by atoms with van der Waals surface area (Å²) in [5.41, 5.74) is 1.65. The summed E-state index contributed by atoms with van der Waals surface area (Å²) < 4.78 is 5.69.